The monoisotopic (exact) mass is 552 g/mol. The lowest BCUT2D eigenvalue weighted by molar-refractivity contribution is 0.0501. The number of aliphatic hydroxyl groups excluding tert-OH is 1. The summed E-state index contributed by atoms with van der Waals surface area (Å²) < 4.78 is 22.8. The van der Waals surface area contributed by atoms with E-state index in [2.05, 4.69) is 55.8 Å². The van der Waals surface area contributed by atoms with Crippen LogP contribution in [-0.4, -0.2) is 76.6 Å². The summed E-state index contributed by atoms with van der Waals surface area (Å²) in [5.74, 6) is -0.280. The molecule has 40 heavy (non-hydrogen) atoms. The Labute approximate surface area is 230 Å². The fourth-order valence-electron chi connectivity index (χ4n) is 5.66. The van der Waals surface area contributed by atoms with Gasteiger partial charge in [-0.3, -0.25) is 4.90 Å². The standard InChI is InChI=1S/C26H33FN10O3/c1-15(38)14-40-22-9-19(27)20(10-21(22)37-25(39)35(4)33-34-37)31-24-29-13-16(12-28)23(32-24)30-17-8-18-6-5-7-36(18)26(2,3)11-17/h9-10,13,15,17-18,38H,5-8,11,14H2,1-4H3,(H2,29,30,31,32)/t15-,17-,18+/m1/s1. The third kappa shape index (κ3) is 5.47. The predicted molar refractivity (Wildman–Crippen MR) is 144 cm³/mol. The number of nitrogens with one attached hydrogen (secondary N) is 2. The molecule has 212 valence electrons. The number of tetrazole rings is 1. The molecule has 0 spiro atoms. The zero-order valence-electron chi connectivity index (χ0n) is 22.9. The number of fused-ring (bicyclic) bond motifs is 1. The van der Waals surface area contributed by atoms with Gasteiger partial charge in [-0.05, 0) is 69.5 Å². The highest BCUT2D eigenvalue weighted by Gasteiger charge is 2.43. The van der Waals surface area contributed by atoms with Gasteiger partial charge in [-0.15, -0.1) is 0 Å². The summed E-state index contributed by atoms with van der Waals surface area (Å²) in [7, 11) is 1.43. The molecule has 14 heteroatoms. The zero-order valence-corrected chi connectivity index (χ0v) is 22.9. The molecule has 0 saturated carbocycles. The third-order valence-corrected chi connectivity index (χ3v) is 7.43. The third-order valence-electron chi connectivity index (χ3n) is 7.43. The van der Waals surface area contributed by atoms with Gasteiger partial charge in [0.05, 0.1) is 18.0 Å². The number of aryl methyl sites for hydroxylation is 1. The quantitative estimate of drug-likeness (QED) is 0.376. The van der Waals surface area contributed by atoms with E-state index in [4.69, 9.17) is 4.74 Å². The first-order chi connectivity index (χ1) is 19.1. The van der Waals surface area contributed by atoms with Crippen molar-refractivity contribution in [2.45, 2.75) is 70.2 Å². The number of nitrogens with zero attached hydrogens (tertiary/aromatic N) is 8. The number of anilines is 3. The highest BCUT2D eigenvalue weighted by molar-refractivity contribution is 5.64. The Hall–Kier alpha value is -4.09. The van der Waals surface area contributed by atoms with E-state index >= 15 is 4.39 Å². The normalized spacial score (nSPS) is 20.9. The SMILES string of the molecule is C[C@@H](O)COc1cc(F)c(Nc2ncc(C#N)c(N[C@@H]3C[C@@H]4CCCN4C(C)(C)C3)n2)cc1-n1nnn(C)c1=O. The molecule has 0 radical (unpaired) electrons. The molecule has 0 aliphatic carbocycles. The van der Waals surface area contributed by atoms with Crippen LogP contribution in [-0.2, 0) is 7.05 Å². The van der Waals surface area contributed by atoms with Gasteiger partial charge in [-0.2, -0.15) is 19.6 Å². The van der Waals surface area contributed by atoms with E-state index in [0.717, 1.165) is 41.2 Å². The van der Waals surface area contributed by atoms with E-state index in [9.17, 15) is 15.2 Å². The van der Waals surface area contributed by atoms with Crippen molar-refractivity contribution in [3.05, 3.63) is 40.2 Å². The van der Waals surface area contributed by atoms with Gasteiger partial charge < -0.3 is 20.5 Å². The highest BCUT2D eigenvalue weighted by atomic mass is 19.1. The predicted octanol–water partition coefficient (Wildman–Crippen LogP) is 2.09. The number of aromatic nitrogens is 6. The smallest absolute Gasteiger partial charge is 0.368 e. The second-order valence-electron chi connectivity index (χ2n) is 11.0. The van der Waals surface area contributed by atoms with E-state index in [-0.39, 0.29) is 46.8 Å². The topological polar surface area (TPSA) is 159 Å². The molecular weight excluding hydrogens is 519 g/mol. The maximum Gasteiger partial charge on any atom is 0.368 e. The zero-order chi connectivity index (χ0) is 28.6. The molecule has 0 bridgehead atoms. The molecule has 3 aromatic rings. The molecule has 2 saturated heterocycles. The van der Waals surface area contributed by atoms with Gasteiger partial charge in [0.1, 0.15) is 35.5 Å². The van der Waals surface area contributed by atoms with Crippen molar-refractivity contribution in [3.63, 3.8) is 0 Å². The Morgan fingerprint density at radius 2 is 2.15 bits per heavy atom. The molecule has 2 aliphatic rings. The van der Waals surface area contributed by atoms with E-state index < -0.39 is 17.6 Å². The number of ether oxygens (including phenoxy) is 1. The second kappa shape index (κ2) is 10.8. The molecular formula is C26H33FN10O3. The van der Waals surface area contributed by atoms with Crippen LogP contribution in [0.25, 0.3) is 5.69 Å². The molecule has 1 aromatic carbocycles. The number of hydrogen-bond donors (Lipinski definition) is 3. The van der Waals surface area contributed by atoms with Crippen LogP contribution in [0.1, 0.15) is 52.0 Å². The van der Waals surface area contributed by atoms with Gasteiger partial charge >= 0.3 is 5.69 Å². The van der Waals surface area contributed by atoms with E-state index in [0.29, 0.717) is 11.9 Å². The summed E-state index contributed by atoms with van der Waals surface area (Å²) >= 11 is 0. The molecule has 2 aliphatic heterocycles. The van der Waals surface area contributed by atoms with Crippen molar-refractivity contribution >= 4 is 17.5 Å². The van der Waals surface area contributed by atoms with Gasteiger partial charge in [0, 0.05) is 30.7 Å². The average molecular weight is 553 g/mol. The summed E-state index contributed by atoms with van der Waals surface area (Å²) in [5, 5.41) is 33.2. The lowest BCUT2D eigenvalue weighted by Crippen LogP contribution is -2.55. The molecule has 0 amide bonds. The Morgan fingerprint density at radius 1 is 1.35 bits per heavy atom. The minimum absolute atomic E-state index is 0.00415. The molecule has 4 heterocycles. The maximum absolute atomic E-state index is 15.2. The number of halogens is 1. The fourth-order valence-corrected chi connectivity index (χ4v) is 5.66. The summed E-state index contributed by atoms with van der Waals surface area (Å²) in [6.45, 7) is 6.99. The van der Waals surface area contributed by atoms with Crippen molar-refractivity contribution in [1.29, 1.82) is 5.26 Å². The summed E-state index contributed by atoms with van der Waals surface area (Å²) in [6.07, 6.45) is 4.73. The second-order valence-corrected chi connectivity index (χ2v) is 11.0. The Bertz CT molecular complexity index is 1490. The Balaban J connectivity index is 1.44. The maximum atomic E-state index is 15.2. The van der Waals surface area contributed by atoms with Crippen LogP contribution in [0.4, 0.5) is 21.8 Å². The molecule has 0 unspecified atom stereocenters. The summed E-state index contributed by atoms with van der Waals surface area (Å²) in [4.78, 5) is 23.8. The minimum atomic E-state index is -0.822. The number of hydrogen-bond acceptors (Lipinski definition) is 11. The Kier molecular flexibility index (Phi) is 7.43. The van der Waals surface area contributed by atoms with Crippen molar-refractivity contribution in [2.24, 2.45) is 7.05 Å². The summed E-state index contributed by atoms with van der Waals surface area (Å²) in [6, 6.07) is 5.14. The first-order valence-corrected chi connectivity index (χ1v) is 13.3. The van der Waals surface area contributed by atoms with Crippen LogP contribution in [0.3, 0.4) is 0 Å². The largest absolute Gasteiger partial charge is 0.489 e. The van der Waals surface area contributed by atoms with E-state index in [1.807, 2.05) is 0 Å². The fraction of sp³-hybridized carbons (Fsp3) is 0.538. The van der Waals surface area contributed by atoms with Crippen molar-refractivity contribution in [3.8, 4) is 17.5 Å². The van der Waals surface area contributed by atoms with Crippen molar-refractivity contribution < 1.29 is 14.2 Å². The molecule has 2 aromatic heterocycles. The van der Waals surface area contributed by atoms with Gasteiger partial charge in [0.15, 0.2) is 5.82 Å². The first-order valence-electron chi connectivity index (χ1n) is 13.3. The van der Waals surface area contributed by atoms with Crippen LogP contribution >= 0.6 is 0 Å². The number of rotatable bonds is 8. The number of benzene rings is 1. The molecule has 2 fully saturated rings. The molecule has 5 rings (SSSR count). The van der Waals surface area contributed by atoms with Gasteiger partial charge in [-0.1, -0.05) is 0 Å². The lowest BCUT2D eigenvalue weighted by atomic mass is 9.84. The number of piperidine rings is 1. The molecule has 13 nitrogen and oxygen atoms in total. The number of nitriles is 1. The van der Waals surface area contributed by atoms with Crippen LogP contribution in [0.5, 0.6) is 5.75 Å². The lowest BCUT2D eigenvalue weighted by Gasteiger charge is -2.47. The molecule has 3 atom stereocenters. The summed E-state index contributed by atoms with van der Waals surface area (Å²) in [5.41, 5.74) is -0.204. The van der Waals surface area contributed by atoms with E-state index in [1.165, 1.54) is 32.7 Å². The highest BCUT2D eigenvalue weighted by Crippen LogP contribution is 2.39. The Morgan fingerprint density at radius 3 is 2.85 bits per heavy atom. The van der Waals surface area contributed by atoms with Gasteiger partial charge in [0.25, 0.3) is 0 Å². The van der Waals surface area contributed by atoms with Crippen LogP contribution in [0.15, 0.2) is 23.1 Å². The van der Waals surface area contributed by atoms with Gasteiger partial charge in [-0.25, -0.2) is 14.2 Å². The first kappa shape index (κ1) is 27.5. The van der Waals surface area contributed by atoms with Crippen LogP contribution < -0.4 is 21.1 Å². The number of aliphatic hydroxyl groups is 1. The van der Waals surface area contributed by atoms with E-state index in [1.54, 1.807) is 0 Å². The molecule has 3 N–H and O–H groups in total. The van der Waals surface area contributed by atoms with Crippen LogP contribution in [0, 0.1) is 17.1 Å². The van der Waals surface area contributed by atoms with Crippen LogP contribution in [0.2, 0.25) is 0 Å². The van der Waals surface area contributed by atoms with Crippen molar-refractivity contribution in [1.82, 2.24) is 34.7 Å². The average Bonchev–Trinajstić information content (AvgIpc) is 3.51. The minimum Gasteiger partial charge on any atom is -0.489 e. The van der Waals surface area contributed by atoms with Crippen molar-refractivity contribution in [2.75, 3.05) is 23.8 Å². The van der Waals surface area contributed by atoms with Gasteiger partial charge in [0.2, 0.25) is 5.95 Å².